The number of amides is 1. The molecular formula is C22H29F3N8O. The maximum absolute atomic E-state index is 12.6. The Morgan fingerprint density at radius 3 is 2.47 bits per heavy atom. The predicted molar refractivity (Wildman–Crippen MR) is 125 cm³/mol. The van der Waals surface area contributed by atoms with Crippen LogP contribution in [-0.2, 0) is 24.1 Å². The molecule has 0 atom stereocenters. The van der Waals surface area contributed by atoms with Gasteiger partial charge >= 0.3 is 6.18 Å². The van der Waals surface area contributed by atoms with E-state index in [2.05, 4.69) is 30.7 Å². The van der Waals surface area contributed by atoms with Crippen LogP contribution in [0.15, 0.2) is 30.7 Å². The molecule has 3 heterocycles. The zero-order chi connectivity index (χ0) is 25.3. The van der Waals surface area contributed by atoms with Crippen LogP contribution in [0.25, 0.3) is 0 Å². The molecule has 0 radical (unpaired) electrons. The van der Waals surface area contributed by atoms with Crippen LogP contribution in [-0.4, -0.2) is 44.7 Å². The van der Waals surface area contributed by atoms with E-state index >= 15 is 0 Å². The minimum Gasteiger partial charge on any atom is -0.358 e. The number of pyridine rings is 1. The molecule has 0 aromatic carbocycles. The quantitative estimate of drug-likeness (QED) is 0.447. The number of anilines is 3. The van der Waals surface area contributed by atoms with Crippen molar-refractivity contribution in [1.82, 2.24) is 24.7 Å². The number of aryl methyl sites for hydroxylation is 1. The largest absolute Gasteiger partial charge is 0.433 e. The summed E-state index contributed by atoms with van der Waals surface area (Å²) in [6.45, 7) is 9.12. The highest BCUT2D eigenvalue weighted by molar-refractivity contribution is 5.81. The van der Waals surface area contributed by atoms with Crippen molar-refractivity contribution in [2.75, 3.05) is 29.1 Å². The van der Waals surface area contributed by atoms with E-state index in [0.29, 0.717) is 48.2 Å². The van der Waals surface area contributed by atoms with Gasteiger partial charge in [0.25, 0.3) is 0 Å². The molecule has 2 N–H and O–H groups in total. The van der Waals surface area contributed by atoms with E-state index in [9.17, 15) is 18.0 Å². The van der Waals surface area contributed by atoms with Crippen molar-refractivity contribution in [1.29, 1.82) is 0 Å². The van der Waals surface area contributed by atoms with Crippen LogP contribution in [0.5, 0.6) is 0 Å². The van der Waals surface area contributed by atoms with Gasteiger partial charge in [0.15, 0.2) is 5.82 Å². The van der Waals surface area contributed by atoms with Gasteiger partial charge in [0.2, 0.25) is 12.4 Å². The number of carbonyl (C=O) groups excluding carboxylic acids is 1. The maximum Gasteiger partial charge on any atom is 0.433 e. The normalized spacial score (nSPS) is 10.8. The third-order valence-electron chi connectivity index (χ3n) is 4.71. The summed E-state index contributed by atoms with van der Waals surface area (Å²) in [4.78, 5) is 25.2. The van der Waals surface area contributed by atoms with Gasteiger partial charge in [-0.05, 0) is 25.5 Å². The number of carbonyl (C=O) groups is 1. The molecule has 184 valence electrons. The number of halogens is 3. The van der Waals surface area contributed by atoms with E-state index in [1.807, 2.05) is 32.7 Å². The summed E-state index contributed by atoms with van der Waals surface area (Å²) in [6, 6.07) is 2.34. The van der Waals surface area contributed by atoms with E-state index in [4.69, 9.17) is 0 Å². The number of rotatable bonds is 9. The van der Waals surface area contributed by atoms with Crippen molar-refractivity contribution in [3.63, 3.8) is 0 Å². The third kappa shape index (κ3) is 6.90. The van der Waals surface area contributed by atoms with Crippen molar-refractivity contribution >= 4 is 23.9 Å². The van der Waals surface area contributed by atoms with Crippen molar-refractivity contribution in [3.05, 3.63) is 53.2 Å². The van der Waals surface area contributed by atoms with Crippen LogP contribution in [0.2, 0.25) is 0 Å². The summed E-state index contributed by atoms with van der Waals surface area (Å²) in [6.07, 6.45) is 0.751. The molecule has 3 aromatic rings. The molecule has 3 aromatic heterocycles. The second-order valence-corrected chi connectivity index (χ2v) is 7.06. The molecule has 1 amide bonds. The third-order valence-corrected chi connectivity index (χ3v) is 4.71. The van der Waals surface area contributed by atoms with Gasteiger partial charge in [-0.15, -0.1) is 0 Å². The highest BCUT2D eigenvalue weighted by Crippen LogP contribution is 2.28. The van der Waals surface area contributed by atoms with Crippen LogP contribution in [0.3, 0.4) is 0 Å². The van der Waals surface area contributed by atoms with Gasteiger partial charge in [0.1, 0.15) is 11.4 Å². The van der Waals surface area contributed by atoms with Crippen molar-refractivity contribution in [2.24, 2.45) is 0 Å². The summed E-state index contributed by atoms with van der Waals surface area (Å²) in [5.74, 6) is 0.994. The average molecular weight is 479 g/mol. The van der Waals surface area contributed by atoms with Crippen LogP contribution >= 0.6 is 0 Å². The first-order valence-electron chi connectivity index (χ1n) is 10.8. The Labute approximate surface area is 196 Å². The number of hydrogen-bond donors (Lipinski definition) is 2. The number of nitrogens with zero attached hydrogens (tertiary/aromatic N) is 6. The summed E-state index contributed by atoms with van der Waals surface area (Å²) < 4.78 is 39.5. The van der Waals surface area contributed by atoms with E-state index in [1.54, 1.807) is 24.0 Å². The van der Waals surface area contributed by atoms with Crippen LogP contribution < -0.4 is 15.5 Å². The molecule has 0 fully saturated rings. The Morgan fingerprint density at radius 2 is 1.88 bits per heavy atom. The lowest BCUT2D eigenvalue weighted by Crippen LogP contribution is -2.21. The molecule has 0 saturated heterocycles. The van der Waals surface area contributed by atoms with E-state index in [0.717, 1.165) is 11.6 Å². The first-order valence-corrected chi connectivity index (χ1v) is 10.8. The van der Waals surface area contributed by atoms with Gasteiger partial charge in [-0.2, -0.15) is 23.3 Å². The molecule has 9 nitrogen and oxygen atoms in total. The standard InChI is InChI=1S/C20H23F3N8O.C2H6/c1-4-30(3)18-17(26-12-32)13(2)28-19(29-18)25-8-15-9-27-31(11-15)10-14-5-6-16(24-7-14)20(21,22)23;1-2/h5-7,9,11-12H,4,8,10H2,1-3H3,(H,26,32)(H,25,28,29);1-2H3. The lowest BCUT2D eigenvalue weighted by atomic mass is 10.2. The molecule has 0 aliphatic carbocycles. The fourth-order valence-corrected chi connectivity index (χ4v) is 2.93. The lowest BCUT2D eigenvalue weighted by Gasteiger charge is -2.21. The molecule has 3 rings (SSSR count). The Hall–Kier alpha value is -3.70. The van der Waals surface area contributed by atoms with Crippen LogP contribution in [0, 0.1) is 6.92 Å². The highest BCUT2D eigenvalue weighted by atomic mass is 19.4. The SMILES string of the molecule is CC.CCN(C)c1nc(NCc2cnn(Cc3ccc(C(F)(F)F)nc3)c2)nc(C)c1NC=O. The summed E-state index contributed by atoms with van der Waals surface area (Å²) >= 11 is 0. The molecule has 34 heavy (non-hydrogen) atoms. The summed E-state index contributed by atoms with van der Waals surface area (Å²) in [5.41, 5.74) is 1.68. The molecule has 0 unspecified atom stereocenters. The van der Waals surface area contributed by atoms with Crippen LogP contribution in [0.1, 0.15) is 43.3 Å². The predicted octanol–water partition coefficient (Wildman–Crippen LogP) is 4.11. The second-order valence-electron chi connectivity index (χ2n) is 7.06. The first-order chi connectivity index (χ1) is 16.2. The van der Waals surface area contributed by atoms with E-state index < -0.39 is 11.9 Å². The topological polar surface area (TPSA) is 101 Å². The Morgan fingerprint density at radius 1 is 1.15 bits per heavy atom. The molecular weight excluding hydrogens is 449 g/mol. The van der Waals surface area contributed by atoms with Gasteiger partial charge in [0.05, 0.1) is 18.4 Å². The first kappa shape index (κ1) is 26.6. The molecule has 12 heteroatoms. The van der Waals surface area contributed by atoms with Crippen LogP contribution in [0.4, 0.5) is 30.6 Å². The monoisotopic (exact) mass is 478 g/mol. The van der Waals surface area contributed by atoms with Gasteiger partial charge < -0.3 is 15.5 Å². The van der Waals surface area contributed by atoms with Crippen molar-refractivity contribution in [2.45, 2.75) is 47.0 Å². The lowest BCUT2D eigenvalue weighted by molar-refractivity contribution is -0.141. The Balaban J connectivity index is 0.00000199. The maximum atomic E-state index is 12.6. The molecule has 0 spiro atoms. The summed E-state index contributed by atoms with van der Waals surface area (Å²) in [5, 5.41) is 10.0. The minimum absolute atomic E-state index is 0.290. The van der Waals surface area contributed by atoms with Gasteiger partial charge in [-0.1, -0.05) is 19.9 Å². The molecule has 0 aliphatic heterocycles. The Bertz CT molecular complexity index is 1070. The van der Waals surface area contributed by atoms with Gasteiger partial charge in [-0.3, -0.25) is 14.5 Å². The number of hydrogen-bond acceptors (Lipinski definition) is 7. The number of aromatic nitrogens is 5. The fourth-order valence-electron chi connectivity index (χ4n) is 2.93. The minimum atomic E-state index is -4.46. The molecule has 0 saturated carbocycles. The number of nitrogens with one attached hydrogen (secondary N) is 2. The molecule has 0 bridgehead atoms. The summed E-state index contributed by atoms with van der Waals surface area (Å²) in [7, 11) is 1.86. The fraction of sp³-hybridized carbons (Fsp3) is 0.409. The number of alkyl halides is 3. The zero-order valence-corrected chi connectivity index (χ0v) is 19.8. The average Bonchev–Trinajstić information content (AvgIpc) is 3.27. The van der Waals surface area contributed by atoms with E-state index in [-0.39, 0.29) is 6.54 Å². The second kappa shape index (κ2) is 12.0. The highest BCUT2D eigenvalue weighted by Gasteiger charge is 2.32. The Kier molecular flexibility index (Phi) is 9.34. The smallest absolute Gasteiger partial charge is 0.358 e. The zero-order valence-electron chi connectivity index (χ0n) is 19.8. The molecule has 0 aliphatic rings. The van der Waals surface area contributed by atoms with Crippen molar-refractivity contribution < 1.29 is 18.0 Å². The van der Waals surface area contributed by atoms with Gasteiger partial charge in [0, 0.05) is 38.1 Å². The van der Waals surface area contributed by atoms with E-state index in [1.165, 1.54) is 12.3 Å². The van der Waals surface area contributed by atoms with Gasteiger partial charge in [-0.25, -0.2) is 4.98 Å². The van der Waals surface area contributed by atoms with Crippen molar-refractivity contribution in [3.8, 4) is 0 Å².